The Morgan fingerprint density at radius 2 is 1.87 bits per heavy atom. The minimum atomic E-state index is -0.376. The van der Waals surface area contributed by atoms with E-state index in [0.29, 0.717) is 49.4 Å². The van der Waals surface area contributed by atoms with Gasteiger partial charge in [-0.05, 0) is 36.1 Å². The van der Waals surface area contributed by atoms with Gasteiger partial charge in [-0.2, -0.15) is 4.98 Å². The number of halogens is 3. The number of hydrogen-bond acceptors (Lipinski definition) is 5. The molecule has 0 saturated carbocycles. The molecule has 0 spiro atoms. The number of aromatic amines is 1. The number of hydrogen-bond donors (Lipinski definition) is 1. The van der Waals surface area contributed by atoms with Crippen molar-refractivity contribution in [2.75, 3.05) is 13.4 Å². The molecule has 0 saturated heterocycles. The number of benzene rings is 2. The Bertz CT molecular complexity index is 1250. The van der Waals surface area contributed by atoms with Gasteiger partial charge in [0.2, 0.25) is 0 Å². The summed E-state index contributed by atoms with van der Waals surface area (Å²) < 4.78 is 6.86. The highest BCUT2D eigenvalue weighted by Gasteiger charge is 2.25. The van der Waals surface area contributed by atoms with E-state index in [9.17, 15) is 4.79 Å². The summed E-state index contributed by atoms with van der Waals surface area (Å²) in [6.07, 6.45) is 2.22. The lowest BCUT2D eigenvalue weighted by atomic mass is 10.1. The first-order valence-electron chi connectivity index (χ1n) is 8.74. The van der Waals surface area contributed by atoms with Gasteiger partial charge in [0.05, 0.1) is 17.2 Å². The molecule has 154 valence electrons. The minimum Gasteiger partial charge on any atom is -0.497 e. The number of thioether (sulfide) groups is 1. The first kappa shape index (κ1) is 21.1. The average Bonchev–Trinajstić information content (AvgIpc) is 3.06. The van der Waals surface area contributed by atoms with Crippen LogP contribution < -0.4 is 10.3 Å². The lowest BCUT2D eigenvalue weighted by molar-refractivity contribution is 0.414. The summed E-state index contributed by atoms with van der Waals surface area (Å²) in [5.41, 5.74) is 1.37. The van der Waals surface area contributed by atoms with Gasteiger partial charge in [-0.1, -0.05) is 46.9 Å². The second-order valence-electron chi connectivity index (χ2n) is 6.37. The molecule has 30 heavy (non-hydrogen) atoms. The summed E-state index contributed by atoms with van der Waals surface area (Å²) in [6, 6.07) is 10.7. The fraction of sp³-hybridized carbons (Fsp3) is 0.150. The molecule has 0 bridgehead atoms. The van der Waals surface area contributed by atoms with Gasteiger partial charge in [0.15, 0.2) is 5.82 Å². The average molecular weight is 482 g/mol. The van der Waals surface area contributed by atoms with Gasteiger partial charge in [0.1, 0.15) is 27.9 Å². The Hall–Kier alpha value is -2.19. The van der Waals surface area contributed by atoms with Crippen LogP contribution in [-0.4, -0.2) is 33.1 Å². The number of aromatic nitrogens is 4. The fourth-order valence-electron chi connectivity index (χ4n) is 3.14. The zero-order valence-electron chi connectivity index (χ0n) is 15.9. The maximum absolute atomic E-state index is 12.9. The third-order valence-corrected chi connectivity index (χ3v) is 5.96. The Morgan fingerprint density at radius 1 is 1.13 bits per heavy atom. The van der Waals surface area contributed by atoms with Crippen molar-refractivity contribution < 1.29 is 4.74 Å². The molecule has 10 heteroatoms. The zero-order chi connectivity index (χ0) is 21.4. The van der Waals surface area contributed by atoms with E-state index in [1.807, 2.05) is 30.5 Å². The van der Waals surface area contributed by atoms with Gasteiger partial charge in [-0.3, -0.25) is 9.89 Å². The number of rotatable bonds is 5. The lowest BCUT2D eigenvalue weighted by Gasteiger charge is -2.11. The molecule has 0 amide bonds. The normalized spacial score (nSPS) is 11.2. The Morgan fingerprint density at radius 3 is 2.53 bits per heavy atom. The van der Waals surface area contributed by atoms with Crippen LogP contribution in [0.15, 0.2) is 46.2 Å². The van der Waals surface area contributed by atoms with Gasteiger partial charge >= 0.3 is 0 Å². The molecule has 0 radical (unpaired) electrons. The molecule has 2 aromatic rings. The number of nitrogens with one attached hydrogen (secondary N) is 1. The van der Waals surface area contributed by atoms with Gasteiger partial charge in [-0.15, -0.1) is 11.8 Å². The number of methoxy groups -OCH3 is 1. The third kappa shape index (κ3) is 3.90. The molecule has 0 aliphatic carbocycles. The van der Waals surface area contributed by atoms with E-state index < -0.39 is 0 Å². The third-order valence-electron chi connectivity index (χ3n) is 4.46. The molecule has 2 aliphatic rings. The molecule has 0 aromatic heterocycles. The number of H-pyrrole nitrogens is 1. The molecule has 0 fully saturated rings. The summed E-state index contributed by atoms with van der Waals surface area (Å²) in [5, 5.41) is 4.83. The van der Waals surface area contributed by atoms with Crippen molar-refractivity contribution in [1.82, 2.24) is 19.7 Å². The summed E-state index contributed by atoms with van der Waals surface area (Å²) in [4.78, 5) is 21.7. The predicted octanol–water partition coefficient (Wildman–Crippen LogP) is 5.34. The van der Waals surface area contributed by atoms with Crippen LogP contribution in [-0.2, 0) is 6.42 Å². The lowest BCUT2D eigenvalue weighted by Crippen LogP contribution is -2.17. The molecule has 2 heterocycles. The van der Waals surface area contributed by atoms with Gasteiger partial charge in [-0.25, -0.2) is 9.67 Å². The summed E-state index contributed by atoms with van der Waals surface area (Å²) in [5.74, 6) is 1.49. The first-order chi connectivity index (χ1) is 14.4. The van der Waals surface area contributed by atoms with Crippen LogP contribution >= 0.6 is 46.6 Å². The van der Waals surface area contributed by atoms with Crippen LogP contribution in [0.3, 0.4) is 0 Å². The molecule has 2 aromatic carbocycles. The summed E-state index contributed by atoms with van der Waals surface area (Å²) in [6.45, 7) is 0. The van der Waals surface area contributed by atoms with Crippen LogP contribution in [0.4, 0.5) is 0 Å². The van der Waals surface area contributed by atoms with Crippen molar-refractivity contribution in [2.45, 2.75) is 11.4 Å². The van der Waals surface area contributed by atoms with Crippen molar-refractivity contribution in [3.8, 4) is 22.8 Å². The van der Waals surface area contributed by atoms with Gasteiger partial charge in [0, 0.05) is 11.4 Å². The van der Waals surface area contributed by atoms with E-state index in [-0.39, 0.29) is 5.56 Å². The Balaban J connectivity index is 1.89. The minimum absolute atomic E-state index is 0.328. The van der Waals surface area contributed by atoms with E-state index in [1.165, 1.54) is 11.8 Å². The smallest absolute Gasteiger partial charge is 0.285 e. The fourth-order valence-corrected chi connectivity index (χ4v) is 4.70. The van der Waals surface area contributed by atoms with Crippen LogP contribution in [0.5, 0.6) is 5.75 Å². The molecular formula is C20H15Cl3N4O2S. The molecule has 6 nitrogen and oxygen atoms in total. The first-order valence-corrected chi connectivity index (χ1v) is 11.1. The number of nitrogens with zero attached hydrogens (tertiary/aromatic N) is 3. The van der Waals surface area contributed by atoms with Crippen LogP contribution in [0, 0.1) is 0 Å². The van der Waals surface area contributed by atoms with E-state index in [1.54, 1.807) is 23.9 Å². The maximum atomic E-state index is 12.9. The summed E-state index contributed by atoms with van der Waals surface area (Å²) in [7, 11) is 1.60. The predicted molar refractivity (Wildman–Crippen MR) is 121 cm³/mol. The number of fused-ring (bicyclic) bond motifs is 1. The molecule has 1 N–H and O–H groups in total. The molecule has 0 atom stereocenters. The maximum Gasteiger partial charge on any atom is 0.285 e. The van der Waals surface area contributed by atoms with Gasteiger partial charge in [0.25, 0.3) is 5.56 Å². The SMILES string of the molecule is COc1cccc(Cc2nc3n(-c4c(Cl)cc(Cl)cc4Cl)[nH]c(SC)c-3c(=O)n2)c1. The molecular weight excluding hydrogens is 467 g/mol. The molecule has 2 aliphatic heterocycles. The van der Waals surface area contributed by atoms with Gasteiger partial charge < -0.3 is 4.74 Å². The quantitative estimate of drug-likeness (QED) is 0.389. The second kappa shape index (κ2) is 8.51. The highest BCUT2D eigenvalue weighted by Crippen LogP contribution is 2.37. The Labute approximate surface area is 191 Å². The Kier molecular flexibility index (Phi) is 5.97. The van der Waals surface area contributed by atoms with Crippen molar-refractivity contribution in [2.24, 2.45) is 0 Å². The largest absolute Gasteiger partial charge is 0.497 e. The van der Waals surface area contributed by atoms with Crippen molar-refractivity contribution in [3.63, 3.8) is 0 Å². The van der Waals surface area contributed by atoms with E-state index in [4.69, 9.17) is 39.5 Å². The molecule has 0 unspecified atom stereocenters. The van der Waals surface area contributed by atoms with Crippen LogP contribution in [0.1, 0.15) is 11.4 Å². The summed E-state index contributed by atoms with van der Waals surface area (Å²) >= 11 is 20.2. The monoisotopic (exact) mass is 480 g/mol. The van der Waals surface area contributed by atoms with E-state index in [0.717, 1.165) is 11.3 Å². The zero-order valence-corrected chi connectivity index (χ0v) is 19.0. The van der Waals surface area contributed by atoms with E-state index in [2.05, 4.69) is 15.1 Å². The standard InChI is InChI=1S/C20H15Cl3N4O2S/c1-29-12-5-3-4-10(6-12)7-15-24-18-16(19(28)25-15)20(30-2)26-27(18)17-13(22)8-11(21)9-14(17)23/h3-6,8-9,26H,7H2,1-2H3. The second-order valence-corrected chi connectivity index (χ2v) is 8.44. The highest BCUT2D eigenvalue weighted by molar-refractivity contribution is 7.98. The highest BCUT2D eigenvalue weighted by atomic mass is 35.5. The molecule has 4 rings (SSSR count). The topological polar surface area (TPSA) is 72.8 Å². The van der Waals surface area contributed by atoms with E-state index >= 15 is 0 Å². The van der Waals surface area contributed by atoms with Crippen molar-refractivity contribution >= 4 is 46.6 Å². The number of ether oxygens (including phenoxy) is 1. The van der Waals surface area contributed by atoms with Crippen molar-refractivity contribution in [3.05, 3.63) is 73.2 Å². The van der Waals surface area contributed by atoms with Crippen LogP contribution in [0.2, 0.25) is 15.1 Å². The van der Waals surface area contributed by atoms with Crippen molar-refractivity contribution in [1.29, 1.82) is 0 Å². The van der Waals surface area contributed by atoms with Crippen LogP contribution in [0.25, 0.3) is 17.1 Å².